The minimum atomic E-state index is 0. The van der Waals surface area contributed by atoms with Crippen LogP contribution in [0.25, 0.3) is 0 Å². The summed E-state index contributed by atoms with van der Waals surface area (Å²) in [5.74, 6) is 0. The van der Waals surface area contributed by atoms with Gasteiger partial charge in [-0.1, -0.05) is 23.8 Å². The van der Waals surface area contributed by atoms with Crippen LogP contribution in [0.5, 0.6) is 0 Å². The van der Waals surface area contributed by atoms with Gasteiger partial charge in [-0.05, 0) is 31.9 Å². The van der Waals surface area contributed by atoms with Crippen molar-refractivity contribution in [1.82, 2.24) is 0 Å². The smallest absolute Gasteiger partial charge is 0 e. The van der Waals surface area contributed by atoms with Crippen LogP contribution < -0.4 is 0 Å². The minimum absolute atomic E-state index is 0. The third-order valence-corrected chi connectivity index (χ3v) is 1.66. The first-order valence-corrected chi connectivity index (χ1v) is 3.24. The zero-order valence-electron chi connectivity index (χ0n) is 6.68. The Hall–Kier alpha value is -0.196. The number of hydrogen-bond donors (Lipinski definition) is 0. The molecule has 0 N–H and O–H groups in total. The summed E-state index contributed by atoms with van der Waals surface area (Å²) >= 11 is 0. The fraction of sp³-hybridized carbons (Fsp3) is 0.333. The van der Waals surface area contributed by atoms with Crippen molar-refractivity contribution >= 4 is 0 Å². The second kappa shape index (κ2) is 3.85. The predicted octanol–water partition coefficient (Wildman–Crippen LogP) is 2.61. The maximum absolute atomic E-state index is 2.20. The normalized spacial score (nSPS) is 8.70. The molecule has 1 aromatic carbocycles. The molecule has 0 bridgehead atoms. The molecule has 0 unspecified atom stereocenters. The second-order valence-corrected chi connectivity index (χ2v) is 2.59. The van der Waals surface area contributed by atoms with E-state index >= 15 is 0 Å². The van der Waals surface area contributed by atoms with E-state index in [1.807, 2.05) is 0 Å². The molecule has 0 fully saturated rings. The van der Waals surface area contributed by atoms with E-state index in [1.165, 1.54) is 16.7 Å². The van der Waals surface area contributed by atoms with Crippen LogP contribution in [0.1, 0.15) is 16.7 Å². The van der Waals surface area contributed by atoms with E-state index in [1.54, 1.807) is 0 Å². The quantitative estimate of drug-likeness (QED) is 0.562. The summed E-state index contributed by atoms with van der Waals surface area (Å²) in [6.07, 6.45) is 0. The van der Waals surface area contributed by atoms with Gasteiger partial charge in [-0.2, -0.15) is 0 Å². The monoisotopic (exact) mass is 171 g/mol. The molecular weight excluding hydrogens is 159 g/mol. The summed E-state index contributed by atoms with van der Waals surface area (Å²) in [4.78, 5) is 0. The van der Waals surface area contributed by atoms with Crippen LogP contribution in [-0.4, -0.2) is 0 Å². The van der Waals surface area contributed by atoms with E-state index in [0.717, 1.165) is 0 Å². The van der Waals surface area contributed by atoms with Crippen LogP contribution >= 0.6 is 0 Å². The molecule has 0 aromatic heterocycles. The summed E-state index contributed by atoms with van der Waals surface area (Å²) in [6.45, 7) is 6.39. The Labute approximate surface area is 74.5 Å². The Morgan fingerprint density at radius 3 is 1.90 bits per heavy atom. The van der Waals surface area contributed by atoms with Crippen LogP contribution in [0.3, 0.4) is 0 Å². The number of hydrogen-bond acceptors (Lipinski definition) is 0. The van der Waals surface area contributed by atoms with Gasteiger partial charge in [0.15, 0.2) is 0 Å². The van der Waals surface area contributed by atoms with Crippen LogP contribution in [0.2, 0.25) is 0 Å². The van der Waals surface area contributed by atoms with Crippen LogP contribution in [0.4, 0.5) is 0 Å². The van der Waals surface area contributed by atoms with Crippen molar-refractivity contribution in [3.05, 3.63) is 34.9 Å². The van der Waals surface area contributed by atoms with Crippen molar-refractivity contribution in [2.45, 2.75) is 20.8 Å². The van der Waals surface area contributed by atoms with Gasteiger partial charge in [-0.25, -0.2) is 0 Å². The molecule has 1 heteroatoms. The predicted molar refractivity (Wildman–Crippen MR) is 40.7 cm³/mol. The first kappa shape index (κ1) is 9.80. The Kier molecular flexibility index (Phi) is 3.77. The van der Waals surface area contributed by atoms with Gasteiger partial charge in [-0.3, -0.25) is 0 Å². The number of rotatable bonds is 0. The molecule has 10 heavy (non-hydrogen) atoms. The molecule has 0 amide bonds. The molecule has 1 rings (SSSR count). The second-order valence-electron chi connectivity index (χ2n) is 2.59. The molecule has 0 nitrogen and oxygen atoms in total. The summed E-state index contributed by atoms with van der Waals surface area (Å²) < 4.78 is 0. The van der Waals surface area contributed by atoms with Crippen molar-refractivity contribution in [2.75, 3.05) is 0 Å². The van der Waals surface area contributed by atoms with Crippen LogP contribution in [0, 0.1) is 20.8 Å². The molecule has 0 aliphatic rings. The zero-order valence-corrected chi connectivity index (χ0v) is 8.08. The minimum Gasteiger partial charge on any atom is -0.0590 e. The molecule has 0 aliphatic carbocycles. The SMILES string of the molecule is Cc1ccc(C)c(C)c1.[V]. The van der Waals surface area contributed by atoms with E-state index in [2.05, 4.69) is 39.0 Å². The van der Waals surface area contributed by atoms with Gasteiger partial charge in [-0.15, -0.1) is 0 Å². The largest absolute Gasteiger partial charge is 0.0590 e. The Bertz CT molecular complexity index is 216. The molecule has 1 aromatic rings. The molecule has 0 atom stereocenters. The van der Waals surface area contributed by atoms with Crippen LogP contribution in [0.15, 0.2) is 18.2 Å². The fourth-order valence-corrected chi connectivity index (χ4v) is 0.891. The van der Waals surface area contributed by atoms with Crippen molar-refractivity contribution in [3.63, 3.8) is 0 Å². The van der Waals surface area contributed by atoms with Gasteiger partial charge < -0.3 is 0 Å². The van der Waals surface area contributed by atoms with E-state index in [4.69, 9.17) is 0 Å². The third-order valence-electron chi connectivity index (χ3n) is 1.66. The zero-order chi connectivity index (χ0) is 6.85. The molecule has 0 saturated heterocycles. The van der Waals surface area contributed by atoms with E-state index < -0.39 is 0 Å². The summed E-state index contributed by atoms with van der Waals surface area (Å²) in [5, 5.41) is 0. The van der Waals surface area contributed by atoms with Crippen molar-refractivity contribution < 1.29 is 18.6 Å². The van der Waals surface area contributed by atoms with Crippen LogP contribution in [-0.2, 0) is 18.6 Å². The van der Waals surface area contributed by atoms with E-state index in [-0.39, 0.29) is 18.6 Å². The molecule has 0 heterocycles. The van der Waals surface area contributed by atoms with Gasteiger partial charge in [0, 0.05) is 18.6 Å². The Morgan fingerprint density at radius 1 is 0.900 bits per heavy atom. The van der Waals surface area contributed by atoms with Crippen molar-refractivity contribution in [1.29, 1.82) is 0 Å². The number of aryl methyl sites for hydroxylation is 3. The maximum atomic E-state index is 2.20. The molecule has 1 radical (unpaired) electrons. The van der Waals surface area contributed by atoms with Gasteiger partial charge in [0.25, 0.3) is 0 Å². The molecule has 0 spiro atoms. The fourth-order valence-electron chi connectivity index (χ4n) is 0.891. The Balaban J connectivity index is 0.000000810. The molecular formula is C9H12V. The van der Waals surface area contributed by atoms with Gasteiger partial charge in [0.05, 0.1) is 0 Å². The summed E-state index contributed by atoms with van der Waals surface area (Å²) in [5.41, 5.74) is 4.11. The average molecular weight is 171 g/mol. The maximum Gasteiger partial charge on any atom is 0 e. The first-order valence-electron chi connectivity index (χ1n) is 3.24. The summed E-state index contributed by atoms with van der Waals surface area (Å²) in [7, 11) is 0. The van der Waals surface area contributed by atoms with Gasteiger partial charge in [0.1, 0.15) is 0 Å². The van der Waals surface area contributed by atoms with Crippen molar-refractivity contribution in [2.24, 2.45) is 0 Å². The average Bonchev–Trinajstić information content (AvgIpc) is 1.80. The first-order chi connectivity index (χ1) is 4.20. The van der Waals surface area contributed by atoms with E-state index in [0.29, 0.717) is 0 Å². The topological polar surface area (TPSA) is 0 Å². The summed E-state index contributed by atoms with van der Waals surface area (Å²) in [6, 6.07) is 6.50. The molecule has 0 aliphatic heterocycles. The third kappa shape index (κ3) is 2.20. The standard InChI is InChI=1S/C9H12.V/c1-7-4-5-8(2)9(3)6-7;/h4-6H,1-3H3;. The van der Waals surface area contributed by atoms with Gasteiger partial charge >= 0.3 is 0 Å². The van der Waals surface area contributed by atoms with E-state index in [9.17, 15) is 0 Å². The number of benzene rings is 1. The van der Waals surface area contributed by atoms with Gasteiger partial charge in [0.2, 0.25) is 0 Å². The molecule has 0 saturated carbocycles. The Morgan fingerprint density at radius 2 is 1.50 bits per heavy atom. The molecule has 53 valence electrons. The van der Waals surface area contributed by atoms with Crippen molar-refractivity contribution in [3.8, 4) is 0 Å².